The molecule has 1 saturated heterocycles. The predicted molar refractivity (Wildman–Crippen MR) is 43.3 cm³/mol. The van der Waals surface area contributed by atoms with Gasteiger partial charge in [0.2, 0.25) is 0 Å². The summed E-state index contributed by atoms with van der Waals surface area (Å²) in [5.41, 5.74) is 0. The first kappa shape index (κ1) is 8.50. The lowest BCUT2D eigenvalue weighted by Gasteiger charge is -2.26. The van der Waals surface area contributed by atoms with E-state index in [1.54, 1.807) is 0 Å². The molecule has 1 heterocycles. The quantitative estimate of drug-likeness (QED) is 0.658. The summed E-state index contributed by atoms with van der Waals surface area (Å²) >= 11 is 3.48. The molecule has 0 aliphatic carbocycles. The van der Waals surface area contributed by atoms with Crippen LogP contribution in [0.4, 0.5) is 0 Å². The van der Waals surface area contributed by atoms with Crippen molar-refractivity contribution in [3.8, 4) is 0 Å². The summed E-state index contributed by atoms with van der Waals surface area (Å²) in [7, 11) is 0. The van der Waals surface area contributed by atoms with Crippen molar-refractivity contribution < 1.29 is 9.47 Å². The molecule has 10 heavy (non-hydrogen) atoms. The second-order valence-corrected chi connectivity index (χ2v) is 3.72. The highest BCUT2D eigenvalue weighted by atomic mass is 79.9. The van der Waals surface area contributed by atoms with E-state index >= 15 is 0 Å². The number of ether oxygens (including phenoxy) is 2. The van der Waals surface area contributed by atoms with E-state index in [0.717, 1.165) is 26.1 Å². The average molecular weight is 209 g/mol. The molecule has 0 saturated carbocycles. The van der Waals surface area contributed by atoms with Crippen LogP contribution in [0.3, 0.4) is 0 Å². The van der Waals surface area contributed by atoms with Gasteiger partial charge < -0.3 is 9.47 Å². The molecule has 2 nitrogen and oxygen atoms in total. The van der Waals surface area contributed by atoms with E-state index in [1.807, 2.05) is 0 Å². The van der Waals surface area contributed by atoms with E-state index in [4.69, 9.17) is 9.47 Å². The molecular weight excluding hydrogens is 196 g/mol. The van der Waals surface area contributed by atoms with Crippen molar-refractivity contribution in [1.82, 2.24) is 0 Å². The number of rotatable bonds is 4. The average Bonchev–Trinajstić information content (AvgIpc) is 1.84. The minimum atomic E-state index is 0.0894. The predicted octanol–water partition coefficient (Wildman–Crippen LogP) is 1.92. The molecule has 1 rings (SSSR count). The Hall–Kier alpha value is 0.400. The first-order valence-corrected chi connectivity index (χ1v) is 4.61. The van der Waals surface area contributed by atoms with Crippen molar-refractivity contribution in [1.29, 1.82) is 0 Å². The molecule has 0 N–H and O–H groups in total. The molecule has 1 fully saturated rings. The first-order valence-electron chi connectivity index (χ1n) is 3.70. The molecule has 2 atom stereocenters. The molecule has 0 aromatic heterocycles. The van der Waals surface area contributed by atoms with Crippen LogP contribution < -0.4 is 0 Å². The van der Waals surface area contributed by atoms with Gasteiger partial charge in [-0.2, -0.15) is 0 Å². The fourth-order valence-corrected chi connectivity index (χ4v) is 0.828. The summed E-state index contributed by atoms with van der Waals surface area (Å²) in [6.45, 7) is 3.76. The minimum Gasteiger partial charge on any atom is -0.352 e. The van der Waals surface area contributed by atoms with Gasteiger partial charge in [0.05, 0.1) is 13.2 Å². The highest BCUT2D eigenvalue weighted by Gasteiger charge is 2.18. The summed E-state index contributed by atoms with van der Waals surface area (Å²) in [4.78, 5) is 0.483. The normalized spacial score (nSPS) is 27.6. The van der Waals surface area contributed by atoms with Crippen molar-refractivity contribution in [3.63, 3.8) is 0 Å². The summed E-state index contributed by atoms with van der Waals surface area (Å²) < 4.78 is 10.4. The molecule has 0 aromatic rings. The summed E-state index contributed by atoms with van der Waals surface area (Å²) in [5, 5.41) is 0. The number of halogens is 1. The monoisotopic (exact) mass is 208 g/mol. The van der Waals surface area contributed by atoms with Crippen molar-refractivity contribution in [2.75, 3.05) is 13.2 Å². The van der Waals surface area contributed by atoms with Crippen molar-refractivity contribution in [2.45, 2.75) is 30.9 Å². The van der Waals surface area contributed by atoms with Crippen LogP contribution in [0.2, 0.25) is 0 Å². The van der Waals surface area contributed by atoms with E-state index in [1.165, 1.54) is 0 Å². The molecule has 2 unspecified atom stereocenters. The van der Waals surface area contributed by atoms with Crippen molar-refractivity contribution in [2.24, 2.45) is 0 Å². The van der Waals surface area contributed by atoms with Crippen LogP contribution in [-0.2, 0) is 9.47 Å². The van der Waals surface area contributed by atoms with Gasteiger partial charge in [-0.3, -0.25) is 0 Å². The third-order valence-electron chi connectivity index (χ3n) is 1.56. The number of hydrogen-bond acceptors (Lipinski definition) is 2. The van der Waals surface area contributed by atoms with Gasteiger partial charge >= 0.3 is 0 Å². The van der Waals surface area contributed by atoms with Crippen molar-refractivity contribution >= 4 is 15.9 Å². The lowest BCUT2D eigenvalue weighted by molar-refractivity contribution is -0.213. The highest BCUT2D eigenvalue weighted by Crippen LogP contribution is 2.14. The minimum absolute atomic E-state index is 0.0894. The largest absolute Gasteiger partial charge is 0.352 e. The maximum atomic E-state index is 5.36. The third-order valence-corrected chi connectivity index (χ3v) is 2.48. The SMILES string of the molecule is CCC(Br)COC1CCO1. The van der Waals surface area contributed by atoms with Crippen LogP contribution in [0.5, 0.6) is 0 Å². The molecule has 1 aliphatic rings. The van der Waals surface area contributed by atoms with Crippen LogP contribution in [0.25, 0.3) is 0 Å². The van der Waals surface area contributed by atoms with E-state index in [-0.39, 0.29) is 6.29 Å². The zero-order chi connectivity index (χ0) is 7.40. The van der Waals surface area contributed by atoms with Crippen LogP contribution in [0, 0.1) is 0 Å². The lowest BCUT2D eigenvalue weighted by Crippen LogP contribution is -2.31. The second kappa shape index (κ2) is 4.31. The van der Waals surface area contributed by atoms with E-state index < -0.39 is 0 Å². The van der Waals surface area contributed by atoms with Gasteiger partial charge in [0.25, 0.3) is 0 Å². The van der Waals surface area contributed by atoms with E-state index in [0.29, 0.717) is 4.83 Å². The zero-order valence-corrected chi connectivity index (χ0v) is 7.76. The standard InChI is InChI=1S/C7H13BrO2/c1-2-6(8)5-10-7-3-4-9-7/h6-7H,2-5H2,1H3. The molecule has 0 amide bonds. The Morgan fingerprint density at radius 1 is 1.80 bits per heavy atom. The molecule has 0 radical (unpaired) electrons. The second-order valence-electron chi connectivity index (χ2n) is 2.43. The van der Waals surface area contributed by atoms with Gasteiger partial charge in [-0.15, -0.1) is 0 Å². The highest BCUT2D eigenvalue weighted by molar-refractivity contribution is 9.09. The summed E-state index contributed by atoms with van der Waals surface area (Å²) in [5.74, 6) is 0. The Bertz CT molecular complexity index is 88.9. The van der Waals surface area contributed by atoms with Gasteiger partial charge in [-0.05, 0) is 6.42 Å². The van der Waals surface area contributed by atoms with Crippen LogP contribution in [-0.4, -0.2) is 24.3 Å². The first-order chi connectivity index (χ1) is 4.83. The van der Waals surface area contributed by atoms with Gasteiger partial charge in [-0.1, -0.05) is 22.9 Å². The van der Waals surface area contributed by atoms with Crippen molar-refractivity contribution in [3.05, 3.63) is 0 Å². The molecule has 0 bridgehead atoms. The molecule has 1 aliphatic heterocycles. The van der Waals surface area contributed by atoms with Crippen LogP contribution in [0.15, 0.2) is 0 Å². The Balaban J connectivity index is 1.93. The Morgan fingerprint density at radius 3 is 2.90 bits per heavy atom. The zero-order valence-electron chi connectivity index (χ0n) is 6.18. The van der Waals surface area contributed by atoms with Gasteiger partial charge in [-0.25, -0.2) is 0 Å². The van der Waals surface area contributed by atoms with Crippen LogP contribution in [0.1, 0.15) is 19.8 Å². The maximum Gasteiger partial charge on any atom is 0.159 e. The van der Waals surface area contributed by atoms with E-state index in [9.17, 15) is 0 Å². The smallest absolute Gasteiger partial charge is 0.159 e. The third kappa shape index (κ3) is 2.56. The number of hydrogen-bond donors (Lipinski definition) is 0. The molecule has 0 aromatic carbocycles. The lowest BCUT2D eigenvalue weighted by atomic mass is 10.3. The Kier molecular flexibility index (Phi) is 3.66. The van der Waals surface area contributed by atoms with Crippen LogP contribution >= 0.6 is 15.9 Å². The Morgan fingerprint density at radius 2 is 2.50 bits per heavy atom. The maximum absolute atomic E-state index is 5.36. The number of alkyl halides is 1. The van der Waals surface area contributed by atoms with Gasteiger partial charge in [0.1, 0.15) is 0 Å². The molecular formula is C7H13BrO2. The van der Waals surface area contributed by atoms with E-state index in [2.05, 4.69) is 22.9 Å². The fourth-order valence-electron chi connectivity index (χ4n) is 0.675. The van der Waals surface area contributed by atoms with Gasteiger partial charge in [0.15, 0.2) is 6.29 Å². The molecule has 60 valence electrons. The Labute approximate surface area is 70.0 Å². The summed E-state index contributed by atoms with van der Waals surface area (Å²) in [6, 6.07) is 0. The molecule has 3 heteroatoms. The molecule has 0 spiro atoms. The summed E-state index contributed by atoms with van der Waals surface area (Å²) in [6.07, 6.45) is 2.25. The topological polar surface area (TPSA) is 18.5 Å². The fraction of sp³-hybridized carbons (Fsp3) is 1.00. The van der Waals surface area contributed by atoms with Gasteiger partial charge in [0, 0.05) is 11.2 Å².